The third-order valence-corrected chi connectivity index (χ3v) is 4.51. The Hall–Kier alpha value is -1.92. The summed E-state index contributed by atoms with van der Waals surface area (Å²) in [5.74, 6) is 0.223. The average Bonchev–Trinajstić information content (AvgIpc) is 2.42. The van der Waals surface area contributed by atoms with Crippen LogP contribution >= 0.6 is 11.6 Å². The first kappa shape index (κ1) is 14.5. The molecule has 1 atom stereocenters. The van der Waals surface area contributed by atoms with E-state index in [1.54, 1.807) is 30.3 Å². The number of nitro groups is 1. The minimum absolute atomic E-state index is 0.00141. The zero-order chi connectivity index (χ0) is 14.7. The molecule has 0 fully saturated rings. The van der Waals surface area contributed by atoms with Crippen molar-refractivity contribution in [3.8, 4) is 0 Å². The van der Waals surface area contributed by atoms with Crippen LogP contribution in [0.2, 0.25) is 5.02 Å². The molecule has 0 spiro atoms. The number of benzene rings is 2. The number of non-ortho nitro benzene ring substituents is 1. The molecule has 7 heteroatoms. The van der Waals surface area contributed by atoms with Crippen molar-refractivity contribution in [2.45, 2.75) is 10.6 Å². The molecule has 0 aliphatic heterocycles. The molecule has 104 valence electrons. The van der Waals surface area contributed by atoms with Crippen molar-refractivity contribution < 1.29 is 9.13 Å². The summed E-state index contributed by atoms with van der Waals surface area (Å²) in [6.45, 7) is 0. The highest BCUT2D eigenvalue weighted by Gasteiger charge is 2.11. The second-order valence-corrected chi connectivity index (χ2v) is 5.93. The van der Waals surface area contributed by atoms with Crippen LogP contribution in [0.4, 0.5) is 11.4 Å². The van der Waals surface area contributed by atoms with Gasteiger partial charge in [-0.1, -0.05) is 23.7 Å². The molecule has 0 aliphatic carbocycles. The first-order valence-corrected chi connectivity index (χ1v) is 7.34. The van der Waals surface area contributed by atoms with Crippen molar-refractivity contribution in [3.63, 3.8) is 0 Å². The lowest BCUT2D eigenvalue weighted by Crippen LogP contribution is -1.99. The zero-order valence-corrected chi connectivity index (χ0v) is 11.9. The fraction of sp³-hybridized carbons (Fsp3) is 0.0769. The molecule has 2 aromatic rings. The molecule has 1 unspecified atom stereocenters. The normalized spacial score (nSPS) is 12.1. The molecule has 2 N–H and O–H groups in total. The van der Waals surface area contributed by atoms with Gasteiger partial charge in [0.2, 0.25) is 0 Å². The molecule has 0 saturated carbocycles. The van der Waals surface area contributed by atoms with Gasteiger partial charge in [-0.3, -0.25) is 14.3 Å². The molecule has 2 aromatic carbocycles. The van der Waals surface area contributed by atoms with Gasteiger partial charge in [0.05, 0.1) is 31.4 Å². The first-order chi connectivity index (χ1) is 9.47. The van der Waals surface area contributed by atoms with Crippen LogP contribution in [0.1, 0.15) is 5.56 Å². The van der Waals surface area contributed by atoms with E-state index in [-0.39, 0.29) is 11.4 Å². The Morgan fingerprint density at radius 3 is 2.45 bits per heavy atom. The fourth-order valence-corrected chi connectivity index (χ4v) is 3.22. The second kappa shape index (κ2) is 6.02. The Labute approximate surface area is 123 Å². The van der Waals surface area contributed by atoms with Crippen LogP contribution in [0.25, 0.3) is 0 Å². The van der Waals surface area contributed by atoms with E-state index in [0.717, 1.165) is 5.56 Å². The summed E-state index contributed by atoms with van der Waals surface area (Å²) in [6.07, 6.45) is 0. The van der Waals surface area contributed by atoms with Crippen LogP contribution in [0.3, 0.4) is 0 Å². The lowest BCUT2D eigenvalue weighted by atomic mass is 10.2. The number of hydrogen-bond donors (Lipinski definition) is 1. The Morgan fingerprint density at radius 1 is 1.20 bits per heavy atom. The summed E-state index contributed by atoms with van der Waals surface area (Å²) in [5.41, 5.74) is 6.86. The van der Waals surface area contributed by atoms with Gasteiger partial charge in [0.25, 0.3) is 5.69 Å². The maximum absolute atomic E-state index is 12.2. The van der Waals surface area contributed by atoms with E-state index in [4.69, 9.17) is 17.3 Å². The van der Waals surface area contributed by atoms with Gasteiger partial charge in [0.15, 0.2) is 0 Å². The van der Waals surface area contributed by atoms with Gasteiger partial charge < -0.3 is 5.73 Å². The topological polar surface area (TPSA) is 86.2 Å². The number of anilines is 1. The third kappa shape index (κ3) is 3.34. The Bertz CT molecular complexity index is 674. The second-order valence-electron chi connectivity index (χ2n) is 4.10. The summed E-state index contributed by atoms with van der Waals surface area (Å²) in [6, 6.07) is 10.7. The van der Waals surface area contributed by atoms with E-state index >= 15 is 0 Å². The quantitative estimate of drug-likeness (QED) is 0.534. The minimum Gasteiger partial charge on any atom is -0.399 e. The number of nitrogen functional groups attached to an aromatic ring is 1. The smallest absolute Gasteiger partial charge is 0.269 e. The molecule has 0 heterocycles. The third-order valence-electron chi connectivity index (χ3n) is 2.65. The largest absolute Gasteiger partial charge is 0.399 e. The van der Waals surface area contributed by atoms with Gasteiger partial charge in [-0.2, -0.15) is 0 Å². The maximum Gasteiger partial charge on any atom is 0.269 e. The first-order valence-electron chi connectivity index (χ1n) is 5.64. The maximum atomic E-state index is 12.2. The number of nitrogens with zero attached hydrogens (tertiary/aromatic N) is 1. The highest BCUT2D eigenvalue weighted by molar-refractivity contribution is 7.84. The molecule has 0 bridgehead atoms. The lowest BCUT2D eigenvalue weighted by molar-refractivity contribution is -0.384. The minimum atomic E-state index is -1.36. The molecule has 0 saturated heterocycles. The van der Waals surface area contributed by atoms with Gasteiger partial charge in [-0.15, -0.1) is 0 Å². The summed E-state index contributed by atoms with van der Waals surface area (Å²) in [5, 5.41) is 10.9. The van der Waals surface area contributed by atoms with Gasteiger partial charge >= 0.3 is 0 Å². The highest BCUT2D eigenvalue weighted by atomic mass is 35.5. The molecule has 20 heavy (non-hydrogen) atoms. The van der Waals surface area contributed by atoms with Crippen molar-refractivity contribution in [2.75, 3.05) is 5.73 Å². The Morgan fingerprint density at radius 2 is 1.85 bits per heavy atom. The van der Waals surface area contributed by atoms with Crippen LogP contribution in [0.15, 0.2) is 47.4 Å². The van der Waals surface area contributed by atoms with Crippen molar-refractivity contribution in [1.82, 2.24) is 0 Å². The van der Waals surface area contributed by atoms with Crippen molar-refractivity contribution >= 4 is 33.8 Å². The Kier molecular flexibility index (Phi) is 4.36. The summed E-state index contributed by atoms with van der Waals surface area (Å²) in [7, 11) is -1.36. The van der Waals surface area contributed by atoms with E-state index < -0.39 is 15.7 Å². The number of hydrogen-bond acceptors (Lipinski definition) is 4. The molecule has 0 aromatic heterocycles. The fourth-order valence-electron chi connectivity index (χ4n) is 1.64. The van der Waals surface area contributed by atoms with Gasteiger partial charge in [-0.05, 0) is 23.8 Å². The van der Waals surface area contributed by atoms with Gasteiger partial charge in [0, 0.05) is 17.8 Å². The predicted molar refractivity (Wildman–Crippen MR) is 79.1 cm³/mol. The van der Waals surface area contributed by atoms with Gasteiger partial charge in [-0.25, -0.2) is 0 Å². The molecule has 0 aliphatic rings. The molecule has 5 nitrogen and oxygen atoms in total. The molecule has 0 amide bonds. The lowest BCUT2D eigenvalue weighted by Gasteiger charge is -2.06. The van der Waals surface area contributed by atoms with E-state index in [1.807, 2.05) is 0 Å². The average molecular weight is 311 g/mol. The number of halogens is 1. The van der Waals surface area contributed by atoms with Crippen molar-refractivity contribution in [1.29, 1.82) is 0 Å². The molecular formula is C13H11ClN2O3S. The number of nitrogens with two attached hydrogens (primary N) is 1. The van der Waals surface area contributed by atoms with E-state index in [1.165, 1.54) is 12.1 Å². The van der Waals surface area contributed by atoms with Crippen LogP contribution in [0, 0.1) is 10.1 Å². The van der Waals surface area contributed by atoms with Crippen LogP contribution in [0.5, 0.6) is 0 Å². The highest BCUT2D eigenvalue weighted by Crippen LogP contribution is 2.24. The standard InChI is InChI=1S/C13H11ClN2O3S/c14-12-6-3-10(15)7-13(12)20(19)8-9-1-4-11(5-2-9)16(17)18/h1-7H,8,15H2. The monoisotopic (exact) mass is 310 g/mol. The molecule has 0 radical (unpaired) electrons. The van der Waals surface area contributed by atoms with E-state index in [0.29, 0.717) is 15.6 Å². The van der Waals surface area contributed by atoms with E-state index in [9.17, 15) is 14.3 Å². The molecular weight excluding hydrogens is 300 g/mol. The van der Waals surface area contributed by atoms with Crippen LogP contribution in [-0.2, 0) is 16.6 Å². The summed E-state index contributed by atoms with van der Waals surface area (Å²) in [4.78, 5) is 10.5. The SMILES string of the molecule is Nc1ccc(Cl)c(S(=O)Cc2ccc([N+](=O)[O-])cc2)c1. The predicted octanol–water partition coefficient (Wildman–Crippen LogP) is 3.14. The van der Waals surface area contributed by atoms with Crippen molar-refractivity contribution in [3.05, 3.63) is 63.2 Å². The zero-order valence-electron chi connectivity index (χ0n) is 10.3. The molecule has 2 rings (SSSR count). The van der Waals surface area contributed by atoms with Crippen molar-refractivity contribution in [2.24, 2.45) is 0 Å². The van der Waals surface area contributed by atoms with E-state index in [2.05, 4.69) is 0 Å². The van der Waals surface area contributed by atoms with Gasteiger partial charge in [0.1, 0.15) is 0 Å². The number of rotatable bonds is 4. The Balaban J connectivity index is 2.19. The summed E-state index contributed by atoms with van der Waals surface area (Å²) >= 11 is 5.99. The van der Waals surface area contributed by atoms with Crippen LogP contribution < -0.4 is 5.73 Å². The number of nitro benzene ring substituents is 1. The van der Waals surface area contributed by atoms with Crippen LogP contribution in [-0.4, -0.2) is 9.13 Å². The summed E-state index contributed by atoms with van der Waals surface area (Å²) < 4.78 is 12.2.